The van der Waals surface area contributed by atoms with Crippen LogP contribution >= 0.6 is 15.9 Å². The molecule has 4 heteroatoms. The molecular weight excluding hydrogens is 260 g/mol. The lowest BCUT2D eigenvalue weighted by molar-refractivity contribution is 0.0734. The minimum absolute atomic E-state index is 0.401. The summed E-state index contributed by atoms with van der Waals surface area (Å²) in [6.07, 6.45) is 2.78. The fourth-order valence-corrected chi connectivity index (χ4v) is 1.31. The Kier molecular flexibility index (Phi) is 2.87. The number of esters is 1. The fourth-order valence-electron chi connectivity index (χ4n) is 1.05. The molecule has 0 amide bonds. The van der Waals surface area contributed by atoms with E-state index in [1.807, 2.05) is 0 Å². The van der Waals surface area contributed by atoms with Gasteiger partial charge in [0.15, 0.2) is 0 Å². The summed E-state index contributed by atoms with van der Waals surface area (Å²) in [7, 11) is 0. The van der Waals surface area contributed by atoms with Crippen LogP contribution in [0.3, 0.4) is 0 Å². The number of rotatable bonds is 2. The molecule has 0 N–H and O–H groups in total. The van der Waals surface area contributed by atoms with Gasteiger partial charge in [-0.2, -0.15) is 0 Å². The van der Waals surface area contributed by atoms with E-state index in [0.717, 1.165) is 4.47 Å². The maximum absolute atomic E-state index is 11.5. The summed E-state index contributed by atoms with van der Waals surface area (Å²) in [6.45, 7) is 0. The monoisotopic (exact) mass is 266 g/mol. The van der Waals surface area contributed by atoms with E-state index in [1.165, 1.54) is 12.5 Å². The summed E-state index contributed by atoms with van der Waals surface area (Å²) < 4.78 is 10.8. The number of carbonyl (C=O) groups is 1. The third-order valence-corrected chi connectivity index (χ3v) is 2.31. The predicted octanol–water partition coefficient (Wildman–Crippen LogP) is 3.26. The lowest BCUT2D eigenvalue weighted by Crippen LogP contribution is -2.06. The third-order valence-electron chi connectivity index (χ3n) is 1.78. The van der Waals surface area contributed by atoms with Crippen LogP contribution < -0.4 is 4.74 Å². The van der Waals surface area contributed by atoms with E-state index in [9.17, 15) is 4.79 Å². The average Bonchev–Trinajstić information content (AvgIpc) is 2.74. The Morgan fingerprint density at radius 3 is 2.53 bits per heavy atom. The molecule has 0 spiro atoms. The molecule has 0 saturated carbocycles. The van der Waals surface area contributed by atoms with Gasteiger partial charge in [-0.1, -0.05) is 15.9 Å². The highest BCUT2D eigenvalue weighted by Gasteiger charge is 2.09. The molecule has 1 heterocycles. The Morgan fingerprint density at radius 1 is 1.20 bits per heavy atom. The predicted molar refractivity (Wildman–Crippen MR) is 57.8 cm³/mol. The summed E-state index contributed by atoms with van der Waals surface area (Å²) >= 11 is 3.29. The van der Waals surface area contributed by atoms with Gasteiger partial charge in [-0.05, 0) is 30.3 Å². The second-order valence-electron chi connectivity index (χ2n) is 2.86. The van der Waals surface area contributed by atoms with Crippen LogP contribution in [0, 0.1) is 0 Å². The Morgan fingerprint density at radius 2 is 1.93 bits per heavy atom. The van der Waals surface area contributed by atoms with Crippen LogP contribution in [0.1, 0.15) is 10.4 Å². The standard InChI is InChI=1S/C11H7BrO3/c12-9-1-3-10(4-2-9)15-11(13)8-5-6-14-7-8/h1-7H. The molecule has 0 unspecified atom stereocenters. The summed E-state index contributed by atoms with van der Waals surface area (Å²) in [4.78, 5) is 11.5. The van der Waals surface area contributed by atoms with E-state index in [1.54, 1.807) is 30.3 Å². The molecule has 0 aliphatic carbocycles. The van der Waals surface area contributed by atoms with Crippen molar-refractivity contribution in [2.45, 2.75) is 0 Å². The van der Waals surface area contributed by atoms with Crippen LogP contribution in [0.4, 0.5) is 0 Å². The van der Waals surface area contributed by atoms with E-state index in [-0.39, 0.29) is 0 Å². The molecule has 3 nitrogen and oxygen atoms in total. The first kappa shape index (κ1) is 9.98. The lowest BCUT2D eigenvalue weighted by atomic mass is 10.3. The molecule has 0 aliphatic heterocycles. The van der Waals surface area contributed by atoms with Crippen molar-refractivity contribution in [3.8, 4) is 5.75 Å². The summed E-state index contributed by atoms with van der Waals surface area (Å²) in [5.74, 6) is 0.0791. The van der Waals surface area contributed by atoms with Crippen LogP contribution in [-0.2, 0) is 0 Å². The minimum Gasteiger partial charge on any atom is -0.472 e. The fraction of sp³-hybridized carbons (Fsp3) is 0. The van der Waals surface area contributed by atoms with E-state index >= 15 is 0 Å². The maximum atomic E-state index is 11.5. The van der Waals surface area contributed by atoms with Crippen LogP contribution in [0.2, 0.25) is 0 Å². The van der Waals surface area contributed by atoms with Gasteiger partial charge in [-0.15, -0.1) is 0 Å². The van der Waals surface area contributed by atoms with Crippen molar-refractivity contribution in [3.05, 3.63) is 52.9 Å². The number of halogens is 1. The molecule has 0 saturated heterocycles. The van der Waals surface area contributed by atoms with Gasteiger partial charge in [0.1, 0.15) is 12.0 Å². The largest absolute Gasteiger partial charge is 0.472 e. The first-order valence-corrected chi connectivity index (χ1v) is 5.05. The first-order chi connectivity index (χ1) is 7.25. The average molecular weight is 267 g/mol. The topological polar surface area (TPSA) is 39.4 Å². The van der Waals surface area contributed by atoms with E-state index in [4.69, 9.17) is 9.15 Å². The molecule has 0 atom stereocenters. The van der Waals surface area contributed by atoms with Gasteiger partial charge in [0.2, 0.25) is 0 Å². The third kappa shape index (κ3) is 2.47. The quantitative estimate of drug-likeness (QED) is 0.619. The van der Waals surface area contributed by atoms with Crippen molar-refractivity contribution in [3.63, 3.8) is 0 Å². The van der Waals surface area contributed by atoms with Gasteiger partial charge in [-0.25, -0.2) is 4.79 Å². The van der Waals surface area contributed by atoms with Crippen molar-refractivity contribution >= 4 is 21.9 Å². The SMILES string of the molecule is O=C(Oc1ccc(Br)cc1)c1ccoc1. The highest BCUT2D eigenvalue weighted by molar-refractivity contribution is 9.10. The smallest absolute Gasteiger partial charge is 0.346 e. The molecule has 0 aliphatic rings. The van der Waals surface area contributed by atoms with Crippen LogP contribution in [0.5, 0.6) is 5.75 Å². The van der Waals surface area contributed by atoms with Crippen LogP contribution in [-0.4, -0.2) is 5.97 Å². The van der Waals surface area contributed by atoms with Crippen molar-refractivity contribution in [2.24, 2.45) is 0 Å². The van der Waals surface area contributed by atoms with Gasteiger partial charge < -0.3 is 9.15 Å². The number of hydrogen-bond acceptors (Lipinski definition) is 3. The van der Waals surface area contributed by atoms with Gasteiger partial charge in [0.25, 0.3) is 0 Å². The molecule has 2 rings (SSSR count). The summed E-state index contributed by atoms with van der Waals surface area (Å²) in [5.41, 5.74) is 0.401. The molecule has 1 aromatic carbocycles. The van der Waals surface area contributed by atoms with Crippen molar-refractivity contribution in [1.82, 2.24) is 0 Å². The normalized spacial score (nSPS) is 9.93. The van der Waals surface area contributed by atoms with Gasteiger partial charge in [0.05, 0.1) is 11.8 Å². The van der Waals surface area contributed by atoms with Gasteiger partial charge in [0, 0.05) is 4.47 Å². The molecule has 15 heavy (non-hydrogen) atoms. The number of furan rings is 1. The molecule has 1 aromatic heterocycles. The number of benzene rings is 1. The van der Waals surface area contributed by atoms with Crippen molar-refractivity contribution in [2.75, 3.05) is 0 Å². The van der Waals surface area contributed by atoms with Crippen LogP contribution in [0.25, 0.3) is 0 Å². The maximum Gasteiger partial charge on any atom is 0.346 e. The zero-order valence-electron chi connectivity index (χ0n) is 7.64. The van der Waals surface area contributed by atoms with E-state index in [2.05, 4.69) is 15.9 Å². The second kappa shape index (κ2) is 4.31. The van der Waals surface area contributed by atoms with Crippen molar-refractivity contribution < 1.29 is 13.9 Å². The lowest BCUT2D eigenvalue weighted by Gasteiger charge is -2.01. The van der Waals surface area contributed by atoms with Gasteiger partial charge in [-0.3, -0.25) is 0 Å². The number of ether oxygens (including phenoxy) is 1. The molecule has 0 radical (unpaired) electrons. The molecule has 76 valence electrons. The highest BCUT2D eigenvalue weighted by Crippen LogP contribution is 2.17. The zero-order valence-corrected chi connectivity index (χ0v) is 9.23. The molecular formula is C11H7BrO3. The second-order valence-corrected chi connectivity index (χ2v) is 3.77. The molecule has 0 bridgehead atoms. The number of hydrogen-bond donors (Lipinski definition) is 0. The van der Waals surface area contributed by atoms with Crippen molar-refractivity contribution in [1.29, 1.82) is 0 Å². The minimum atomic E-state index is -0.425. The first-order valence-electron chi connectivity index (χ1n) is 4.25. The van der Waals surface area contributed by atoms with Gasteiger partial charge >= 0.3 is 5.97 Å². The van der Waals surface area contributed by atoms with Crippen LogP contribution in [0.15, 0.2) is 51.7 Å². The Balaban J connectivity index is 2.09. The molecule has 0 fully saturated rings. The van der Waals surface area contributed by atoms with E-state index in [0.29, 0.717) is 11.3 Å². The summed E-state index contributed by atoms with van der Waals surface area (Å²) in [5, 5.41) is 0. The van der Waals surface area contributed by atoms with E-state index < -0.39 is 5.97 Å². The Hall–Kier alpha value is -1.55. The Labute approximate surface area is 94.8 Å². The zero-order chi connectivity index (χ0) is 10.7. The molecule has 2 aromatic rings. The Bertz CT molecular complexity index is 445. The summed E-state index contributed by atoms with van der Waals surface area (Å²) in [6, 6.07) is 8.58. The number of carbonyl (C=O) groups excluding carboxylic acids is 1. The highest BCUT2D eigenvalue weighted by atomic mass is 79.9.